The van der Waals surface area contributed by atoms with Gasteiger partial charge in [0.1, 0.15) is 17.2 Å². The highest BCUT2D eigenvalue weighted by Gasteiger charge is 2.43. The molecule has 0 saturated carbocycles. The molecule has 1 heterocycles. The van der Waals surface area contributed by atoms with Gasteiger partial charge in [0, 0.05) is 18.7 Å². The summed E-state index contributed by atoms with van der Waals surface area (Å²) >= 11 is 0. The van der Waals surface area contributed by atoms with Crippen molar-refractivity contribution < 1.29 is 33.3 Å². The number of nitrogens with one attached hydrogen (secondary N) is 1. The zero-order valence-corrected chi connectivity index (χ0v) is 21.7. The summed E-state index contributed by atoms with van der Waals surface area (Å²) < 4.78 is 27.0. The Balaban J connectivity index is 1.86. The standard InChI is InChI=1S/C28H30N2O7/c1-30-26(16-7-9-17(33-2)10-8-16)25(19-14-23(36-5)24(37-6)15-20(19)28(30)32)27(31)29-21-12-11-18(34-3)13-22(21)35-4/h7-15,25-26H,1-6H3,(H,29,31)/t25-,26+/m0/s1. The predicted molar refractivity (Wildman–Crippen MR) is 138 cm³/mol. The van der Waals surface area contributed by atoms with Gasteiger partial charge in [-0.1, -0.05) is 12.1 Å². The maximum absolute atomic E-state index is 14.0. The lowest BCUT2D eigenvalue weighted by Gasteiger charge is -2.40. The van der Waals surface area contributed by atoms with Crippen LogP contribution in [-0.4, -0.2) is 59.3 Å². The van der Waals surface area contributed by atoms with E-state index in [-0.39, 0.29) is 11.8 Å². The monoisotopic (exact) mass is 506 g/mol. The van der Waals surface area contributed by atoms with Crippen molar-refractivity contribution in [3.63, 3.8) is 0 Å². The number of ether oxygens (including phenoxy) is 5. The van der Waals surface area contributed by atoms with Crippen LogP contribution in [-0.2, 0) is 4.79 Å². The molecule has 2 atom stereocenters. The van der Waals surface area contributed by atoms with Crippen LogP contribution in [0, 0.1) is 0 Å². The number of fused-ring (bicyclic) bond motifs is 1. The van der Waals surface area contributed by atoms with Crippen molar-refractivity contribution in [2.24, 2.45) is 0 Å². The van der Waals surface area contributed by atoms with Crippen LogP contribution in [0.2, 0.25) is 0 Å². The highest BCUT2D eigenvalue weighted by Crippen LogP contribution is 2.46. The fourth-order valence-corrected chi connectivity index (χ4v) is 4.66. The molecule has 0 aromatic heterocycles. The molecule has 2 amide bonds. The van der Waals surface area contributed by atoms with Gasteiger partial charge in [-0.15, -0.1) is 0 Å². The fraction of sp³-hybridized carbons (Fsp3) is 0.286. The Morgan fingerprint density at radius 1 is 0.757 bits per heavy atom. The molecule has 0 fully saturated rings. The normalized spacial score (nSPS) is 16.5. The van der Waals surface area contributed by atoms with Crippen LogP contribution >= 0.6 is 0 Å². The van der Waals surface area contributed by atoms with Crippen molar-refractivity contribution in [1.82, 2.24) is 4.90 Å². The minimum Gasteiger partial charge on any atom is -0.497 e. The highest BCUT2D eigenvalue weighted by molar-refractivity contribution is 6.05. The first kappa shape index (κ1) is 25.7. The SMILES string of the molecule is COc1ccc([C@@H]2[C@@H](C(=O)Nc3ccc(OC)cc3OC)c3cc(OC)c(OC)cc3C(=O)N2C)cc1. The Kier molecular flexibility index (Phi) is 7.42. The van der Waals surface area contributed by atoms with Crippen LogP contribution in [0.15, 0.2) is 54.6 Å². The topological polar surface area (TPSA) is 95.6 Å². The zero-order valence-electron chi connectivity index (χ0n) is 21.7. The smallest absolute Gasteiger partial charge is 0.254 e. The zero-order chi connectivity index (χ0) is 26.7. The molecule has 1 aliphatic heterocycles. The summed E-state index contributed by atoms with van der Waals surface area (Å²) in [7, 11) is 9.36. The Morgan fingerprint density at radius 3 is 1.95 bits per heavy atom. The third-order valence-corrected chi connectivity index (χ3v) is 6.58. The van der Waals surface area contributed by atoms with E-state index >= 15 is 0 Å². The van der Waals surface area contributed by atoms with Crippen molar-refractivity contribution >= 4 is 17.5 Å². The van der Waals surface area contributed by atoms with Crippen LogP contribution < -0.4 is 29.0 Å². The van der Waals surface area contributed by atoms with Gasteiger partial charge in [-0.25, -0.2) is 0 Å². The van der Waals surface area contributed by atoms with Crippen molar-refractivity contribution in [3.05, 3.63) is 71.3 Å². The van der Waals surface area contributed by atoms with Gasteiger partial charge < -0.3 is 33.9 Å². The molecule has 4 rings (SSSR count). The maximum Gasteiger partial charge on any atom is 0.254 e. The largest absolute Gasteiger partial charge is 0.497 e. The van der Waals surface area contributed by atoms with E-state index < -0.39 is 12.0 Å². The van der Waals surface area contributed by atoms with Crippen LogP contribution in [0.1, 0.15) is 33.4 Å². The molecule has 3 aromatic carbocycles. The van der Waals surface area contributed by atoms with Crippen LogP contribution in [0.5, 0.6) is 28.7 Å². The molecule has 9 nitrogen and oxygen atoms in total. The molecule has 1 N–H and O–H groups in total. The van der Waals surface area contributed by atoms with Crippen molar-refractivity contribution in [2.75, 3.05) is 47.9 Å². The lowest BCUT2D eigenvalue weighted by atomic mass is 9.79. The number of nitrogens with zero attached hydrogens (tertiary/aromatic N) is 1. The Bertz CT molecular complexity index is 1310. The summed E-state index contributed by atoms with van der Waals surface area (Å²) in [4.78, 5) is 29.1. The second-order valence-electron chi connectivity index (χ2n) is 8.46. The van der Waals surface area contributed by atoms with Gasteiger partial charge in [-0.3, -0.25) is 9.59 Å². The summed E-state index contributed by atoms with van der Waals surface area (Å²) in [6.07, 6.45) is 0. The summed E-state index contributed by atoms with van der Waals surface area (Å²) in [5.41, 5.74) is 2.15. The van der Waals surface area contributed by atoms with Crippen LogP contribution in [0.4, 0.5) is 5.69 Å². The number of methoxy groups -OCH3 is 5. The highest BCUT2D eigenvalue weighted by atomic mass is 16.5. The van der Waals surface area contributed by atoms with Crippen LogP contribution in [0.25, 0.3) is 0 Å². The van der Waals surface area contributed by atoms with E-state index in [1.165, 1.54) is 21.3 Å². The molecule has 0 aliphatic carbocycles. The van der Waals surface area contributed by atoms with Crippen molar-refractivity contribution in [1.29, 1.82) is 0 Å². The number of carbonyl (C=O) groups excluding carboxylic acids is 2. The average Bonchev–Trinajstić information content (AvgIpc) is 2.94. The Hall–Kier alpha value is -4.40. The van der Waals surface area contributed by atoms with E-state index in [0.29, 0.717) is 45.6 Å². The third-order valence-electron chi connectivity index (χ3n) is 6.58. The molecule has 194 valence electrons. The summed E-state index contributed by atoms with van der Waals surface area (Å²) in [6, 6.07) is 15.2. The molecule has 3 aromatic rings. The minimum absolute atomic E-state index is 0.233. The van der Waals surface area contributed by atoms with Crippen LogP contribution in [0.3, 0.4) is 0 Å². The molecule has 0 unspecified atom stereocenters. The number of carbonyl (C=O) groups is 2. The predicted octanol–water partition coefficient (Wildman–Crippen LogP) is 4.28. The Morgan fingerprint density at radius 2 is 1.35 bits per heavy atom. The first-order chi connectivity index (χ1) is 17.9. The summed E-state index contributed by atoms with van der Waals surface area (Å²) in [6.45, 7) is 0. The van der Waals surface area contributed by atoms with E-state index in [4.69, 9.17) is 23.7 Å². The molecule has 9 heteroatoms. The minimum atomic E-state index is -0.780. The molecular weight excluding hydrogens is 476 g/mol. The van der Waals surface area contributed by atoms with Gasteiger partial charge >= 0.3 is 0 Å². The van der Waals surface area contributed by atoms with Gasteiger partial charge in [0.25, 0.3) is 5.91 Å². The molecule has 0 radical (unpaired) electrons. The van der Waals surface area contributed by atoms with E-state index in [1.54, 1.807) is 68.6 Å². The van der Waals surface area contributed by atoms with E-state index in [2.05, 4.69) is 5.32 Å². The lowest BCUT2D eigenvalue weighted by Crippen LogP contribution is -2.44. The van der Waals surface area contributed by atoms with E-state index in [0.717, 1.165) is 5.56 Å². The Labute approximate surface area is 215 Å². The number of anilines is 1. The summed E-state index contributed by atoms with van der Waals surface area (Å²) in [5, 5.41) is 2.99. The summed E-state index contributed by atoms with van der Waals surface area (Å²) in [5.74, 6) is 1.20. The molecule has 1 aliphatic rings. The first-order valence-electron chi connectivity index (χ1n) is 11.6. The van der Waals surface area contributed by atoms with Gasteiger partial charge in [-0.2, -0.15) is 0 Å². The molecule has 0 spiro atoms. The van der Waals surface area contributed by atoms with Crippen molar-refractivity contribution in [2.45, 2.75) is 12.0 Å². The number of benzene rings is 3. The number of hydrogen-bond acceptors (Lipinski definition) is 7. The number of likely N-dealkylation sites (N-methyl/N-ethyl adjacent to an activating group) is 1. The van der Waals surface area contributed by atoms with Gasteiger partial charge in [-0.05, 0) is 47.5 Å². The first-order valence-corrected chi connectivity index (χ1v) is 11.6. The number of amides is 2. The second kappa shape index (κ2) is 10.7. The maximum atomic E-state index is 14.0. The molecule has 0 bridgehead atoms. The third kappa shape index (κ3) is 4.72. The van der Waals surface area contributed by atoms with E-state index in [9.17, 15) is 9.59 Å². The molecule has 37 heavy (non-hydrogen) atoms. The quantitative estimate of drug-likeness (QED) is 0.487. The van der Waals surface area contributed by atoms with Gasteiger partial charge in [0.2, 0.25) is 5.91 Å². The number of hydrogen-bond donors (Lipinski definition) is 1. The fourth-order valence-electron chi connectivity index (χ4n) is 4.66. The average molecular weight is 507 g/mol. The van der Waals surface area contributed by atoms with E-state index in [1.807, 2.05) is 12.1 Å². The molecular formula is C28H30N2O7. The lowest BCUT2D eigenvalue weighted by molar-refractivity contribution is -0.119. The molecule has 0 saturated heterocycles. The van der Waals surface area contributed by atoms with Gasteiger partial charge in [0.15, 0.2) is 11.5 Å². The van der Waals surface area contributed by atoms with Gasteiger partial charge in [0.05, 0.1) is 53.2 Å². The number of rotatable bonds is 8. The van der Waals surface area contributed by atoms with Crippen molar-refractivity contribution in [3.8, 4) is 28.7 Å². The second-order valence-corrected chi connectivity index (χ2v) is 8.46.